The molecule has 218 valence electrons. The third-order valence-electron chi connectivity index (χ3n) is 10.4. The van der Waals surface area contributed by atoms with Crippen molar-refractivity contribution in [2.75, 3.05) is 0 Å². The molecule has 0 N–H and O–H groups in total. The average molecular weight is 547 g/mol. The number of aryl methyl sites for hydroxylation is 2. The molecule has 0 spiro atoms. The predicted octanol–water partition coefficient (Wildman–Crippen LogP) is 11.7. The monoisotopic (exact) mass is 546 g/mol. The maximum Gasteiger partial charge on any atom is 0.00827 e. The summed E-state index contributed by atoms with van der Waals surface area (Å²) in [5.41, 5.74) is 15.1. The first-order valence-corrected chi connectivity index (χ1v) is 16.2. The van der Waals surface area contributed by atoms with Gasteiger partial charge in [0.2, 0.25) is 0 Å². The van der Waals surface area contributed by atoms with Gasteiger partial charge in [-0.3, -0.25) is 0 Å². The summed E-state index contributed by atoms with van der Waals surface area (Å²) in [6, 6.07) is 11.9. The van der Waals surface area contributed by atoms with Crippen molar-refractivity contribution >= 4 is 6.08 Å². The molecular formula is C41H54. The van der Waals surface area contributed by atoms with Gasteiger partial charge in [0.25, 0.3) is 0 Å². The quantitative estimate of drug-likeness (QED) is 0.316. The molecule has 41 heavy (non-hydrogen) atoms. The Bertz CT molecular complexity index is 1390. The molecule has 1 saturated carbocycles. The van der Waals surface area contributed by atoms with Gasteiger partial charge in [0.05, 0.1) is 0 Å². The van der Waals surface area contributed by atoms with E-state index in [1.807, 2.05) is 0 Å². The summed E-state index contributed by atoms with van der Waals surface area (Å²) < 4.78 is 0. The molecule has 0 radical (unpaired) electrons. The highest BCUT2D eigenvalue weighted by Gasteiger charge is 2.34. The van der Waals surface area contributed by atoms with E-state index in [1.54, 1.807) is 5.56 Å². The lowest BCUT2D eigenvalue weighted by molar-refractivity contribution is 0.239. The van der Waals surface area contributed by atoms with Gasteiger partial charge in [0.15, 0.2) is 0 Å². The molecule has 5 rings (SSSR count). The first kappa shape index (κ1) is 29.9. The molecule has 2 aromatic rings. The summed E-state index contributed by atoms with van der Waals surface area (Å²) in [6.45, 7) is 28.0. The molecule has 0 aliphatic heterocycles. The second-order valence-electron chi connectivity index (χ2n) is 16.0. The molecule has 3 aliphatic carbocycles. The standard InChI is InChI=1S/C41H54/c1-26-18-28(3)37(22-30-15-17-34(21-30)41(8,9)10)39(19-26)35-13-11-12-32-20-31(24-38(32)35)23-36-27(2)14-16-33(29(36)4)25-40(5,6)7/h11-14,16,18-20,30,33-34,36H,2,4,15,17,21-25H2,1,3,5-10H3/t30-,33?,34+,36?/m1/s1. The summed E-state index contributed by atoms with van der Waals surface area (Å²) in [5.74, 6) is 2.42. The SMILES string of the molecule is C=C1C=CC(CC(C)(C)C)C(=C)C1CC1=Cc2cccc(-c3cc(C)cc(C)c3C[C@@H]3CC[C@H](C(C)(C)C)C3)c2C1. The van der Waals surface area contributed by atoms with E-state index in [1.165, 1.54) is 75.8 Å². The molecule has 2 unspecified atom stereocenters. The van der Waals surface area contributed by atoms with Crippen molar-refractivity contribution in [2.24, 2.45) is 34.5 Å². The minimum absolute atomic E-state index is 0.286. The first-order valence-electron chi connectivity index (χ1n) is 16.2. The van der Waals surface area contributed by atoms with E-state index in [2.05, 4.69) is 117 Å². The summed E-state index contributed by atoms with van der Waals surface area (Å²) in [6.07, 6.45) is 15.6. The lowest BCUT2D eigenvalue weighted by atomic mass is 9.71. The van der Waals surface area contributed by atoms with Gasteiger partial charge in [0.1, 0.15) is 0 Å². The molecule has 0 aromatic heterocycles. The van der Waals surface area contributed by atoms with E-state index in [-0.39, 0.29) is 5.41 Å². The zero-order valence-corrected chi connectivity index (χ0v) is 27.3. The van der Waals surface area contributed by atoms with Gasteiger partial charge in [0, 0.05) is 5.92 Å². The predicted molar refractivity (Wildman–Crippen MR) is 180 cm³/mol. The highest BCUT2D eigenvalue weighted by Crippen LogP contribution is 2.46. The molecule has 0 amide bonds. The Morgan fingerprint density at radius 3 is 2.34 bits per heavy atom. The molecule has 4 atom stereocenters. The molecule has 0 saturated heterocycles. The van der Waals surface area contributed by atoms with Crippen molar-refractivity contribution in [1.29, 1.82) is 0 Å². The Labute approximate surface area is 251 Å². The smallest absolute Gasteiger partial charge is 0.00827 e. The van der Waals surface area contributed by atoms with Crippen molar-refractivity contribution in [3.05, 3.63) is 100 Å². The van der Waals surface area contributed by atoms with Crippen LogP contribution in [0.5, 0.6) is 0 Å². The fourth-order valence-electron chi connectivity index (χ4n) is 8.02. The van der Waals surface area contributed by atoms with Crippen LogP contribution in [0.1, 0.15) is 101 Å². The van der Waals surface area contributed by atoms with Crippen LogP contribution in [-0.2, 0) is 12.8 Å². The van der Waals surface area contributed by atoms with Crippen LogP contribution in [0.3, 0.4) is 0 Å². The molecule has 3 aliphatic rings. The molecule has 2 aromatic carbocycles. The van der Waals surface area contributed by atoms with Crippen LogP contribution in [0.4, 0.5) is 0 Å². The summed E-state index contributed by atoms with van der Waals surface area (Å²) in [7, 11) is 0. The molecule has 0 heterocycles. The van der Waals surface area contributed by atoms with E-state index < -0.39 is 0 Å². The van der Waals surface area contributed by atoms with Gasteiger partial charge in [-0.25, -0.2) is 0 Å². The van der Waals surface area contributed by atoms with Gasteiger partial charge in [-0.1, -0.05) is 120 Å². The zero-order valence-electron chi connectivity index (χ0n) is 27.3. The number of hydrogen-bond donors (Lipinski definition) is 0. The van der Waals surface area contributed by atoms with E-state index in [9.17, 15) is 0 Å². The van der Waals surface area contributed by atoms with Crippen LogP contribution in [0.15, 0.2) is 72.4 Å². The highest BCUT2D eigenvalue weighted by atomic mass is 14.4. The van der Waals surface area contributed by atoms with Crippen molar-refractivity contribution < 1.29 is 0 Å². The molecular weight excluding hydrogens is 492 g/mol. The van der Waals surface area contributed by atoms with Crippen molar-refractivity contribution in [3.8, 4) is 11.1 Å². The minimum atomic E-state index is 0.286. The fraction of sp³-hybridized carbons (Fsp3) is 0.512. The number of allylic oxidation sites excluding steroid dienone is 5. The average Bonchev–Trinajstić information content (AvgIpc) is 3.51. The number of rotatable bonds is 6. The summed E-state index contributed by atoms with van der Waals surface area (Å²) >= 11 is 0. The van der Waals surface area contributed by atoms with Crippen LogP contribution in [0, 0.1) is 48.3 Å². The Hall–Kier alpha value is -2.60. The third-order valence-corrected chi connectivity index (χ3v) is 10.4. The minimum Gasteiger partial charge on any atom is -0.0986 e. The van der Waals surface area contributed by atoms with Crippen LogP contribution >= 0.6 is 0 Å². The molecule has 0 nitrogen and oxygen atoms in total. The Kier molecular flexibility index (Phi) is 8.19. The highest BCUT2D eigenvalue weighted by molar-refractivity contribution is 5.80. The topological polar surface area (TPSA) is 0 Å². The van der Waals surface area contributed by atoms with E-state index in [0.29, 0.717) is 17.3 Å². The van der Waals surface area contributed by atoms with Crippen LogP contribution in [-0.4, -0.2) is 0 Å². The van der Waals surface area contributed by atoms with Gasteiger partial charge in [-0.15, -0.1) is 0 Å². The maximum atomic E-state index is 4.63. The zero-order chi connectivity index (χ0) is 29.7. The fourth-order valence-corrected chi connectivity index (χ4v) is 8.02. The van der Waals surface area contributed by atoms with Gasteiger partial charge in [-0.05, 0) is 126 Å². The second kappa shape index (κ2) is 11.2. The van der Waals surface area contributed by atoms with E-state index in [4.69, 9.17) is 0 Å². The van der Waals surface area contributed by atoms with Crippen LogP contribution in [0.2, 0.25) is 0 Å². The molecule has 1 fully saturated rings. The van der Waals surface area contributed by atoms with E-state index >= 15 is 0 Å². The van der Waals surface area contributed by atoms with Crippen LogP contribution < -0.4 is 0 Å². The number of benzene rings is 2. The van der Waals surface area contributed by atoms with Gasteiger partial charge in [-0.2, -0.15) is 0 Å². The van der Waals surface area contributed by atoms with Gasteiger partial charge < -0.3 is 0 Å². The summed E-state index contributed by atoms with van der Waals surface area (Å²) in [4.78, 5) is 0. The molecule has 0 heteroatoms. The van der Waals surface area contributed by atoms with Crippen LogP contribution in [0.25, 0.3) is 17.2 Å². The Morgan fingerprint density at radius 1 is 0.902 bits per heavy atom. The van der Waals surface area contributed by atoms with Crippen molar-refractivity contribution in [3.63, 3.8) is 0 Å². The van der Waals surface area contributed by atoms with Crippen molar-refractivity contribution in [2.45, 2.75) is 100 Å². The van der Waals surface area contributed by atoms with Crippen molar-refractivity contribution in [1.82, 2.24) is 0 Å². The third kappa shape index (κ3) is 6.58. The van der Waals surface area contributed by atoms with Gasteiger partial charge >= 0.3 is 0 Å². The Morgan fingerprint density at radius 2 is 1.66 bits per heavy atom. The second-order valence-corrected chi connectivity index (χ2v) is 16.0. The van der Waals surface area contributed by atoms with E-state index in [0.717, 1.165) is 31.1 Å². The normalized spacial score (nSPS) is 24.6. The molecule has 0 bridgehead atoms. The number of fused-ring (bicyclic) bond motifs is 1. The Balaban J connectivity index is 1.39. The maximum absolute atomic E-state index is 4.63. The first-order chi connectivity index (χ1) is 19.2. The largest absolute Gasteiger partial charge is 0.0986 e. The number of hydrogen-bond acceptors (Lipinski definition) is 0. The lowest BCUT2D eigenvalue weighted by Crippen LogP contribution is -2.21. The lowest BCUT2D eigenvalue weighted by Gasteiger charge is -2.33. The summed E-state index contributed by atoms with van der Waals surface area (Å²) in [5, 5.41) is 0.